The minimum atomic E-state index is 0.524. The van der Waals surface area contributed by atoms with Crippen LogP contribution in [0.2, 0.25) is 0 Å². The Labute approximate surface area is 124 Å². The minimum Gasteiger partial charge on any atom is -0.330 e. The van der Waals surface area contributed by atoms with Crippen molar-refractivity contribution in [1.82, 2.24) is 0 Å². The highest BCUT2D eigenvalue weighted by Crippen LogP contribution is 2.36. The van der Waals surface area contributed by atoms with Crippen molar-refractivity contribution in [3.8, 4) is 6.07 Å². The molecule has 1 saturated heterocycles. The molecule has 0 aliphatic carbocycles. The summed E-state index contributed by atoms with van der Waals surface area (Å²) in [6, 6.07) is 18.4. The number of nitriles is 1. The maximum atomic E-state index is 8.90. The third-order valence-corrected chi connectivity index (χ3v) is 4.34. The van der Waals surface area contributed by atoms with E-state index < -0.39 is 0 Å². The maximum absolute atomic E-state index is 8.90. The van der Waals surface area contributed by atoms with E-state index in [0.29, 0.717) is 11.5 Å². The number of benzene rings is 2. The molecule has 3 nitrogen and oxygen atoms in total. The maximum Gasteiger partial charge on any atom is 0.113 e. The van der Waals surface area contributed by atoms with Crippen LogP contribution in [0.25, 0.3) is 0 Å². The van der Waals surface area contributed by atoms with Gasteiger partial charge in [-0.05, 0) is 48.7 Å². The highest BCUT2D eigenvalue weighted by molar-refractivity contribution is 6.04. The lowest BCUT2D eigenvalue weighted by molar-refractivity contribution is 0.678. The molecule has 2 aliphatic rings. The zero-order chi connectivity index (χ0) is 14.2. The van der Waals surface area contributed by atoms with E-state index in [1.165, 1.54) is 11.4 Å². The molecule has 4 rings (SSSR count). The number of anilines is 1. The smallest absolute Gasteiger partial charge is 0.113 e. The van der Waals surface area contributed by atoms with Gasteiger partial charge in [0, 0.05) is 18.2 Å². The number of hydrogen-bond donors (Lipinski definition) is 0. The van der Waals surface area contributed by atoms with Gasteiger partial charge in [0.15, 0.2) is 0 Å². The lowest BCUT2D eigenvalue weighted by atomic mass is 9.94. The third-order valence-electron chi connectivity index (χ3n) is 4.34. The number of fused-ring (bicyclic) bond motifs is 2. The van der Waals surface area contributed by atoms with Crippen molar-refractivity contribution in [3.05, 3.63) is 59.7 Å². The Morgan fingerprint density at radius 2 is 1.90 bits per heavy atom. The Bertz CT molecular complexity index is 753. The van der Waals surface area contributed by atoms with E-state index in [1.807, 2.05) is 30.3 Å². The second kappa shape index (κ2) is 4.75. The molecule has 0 N–H and O–H groups in total. The molecule has 0 saturated carbocycles. The molecule has 0 bridgehead atoms. The van der Waals surface area contributed by atoms with Gasteiger partial charge in [-0.1, -0.05) is 18.2 Å². The molecule has 0 radical (unpaired) electrons. The first-order valence-corrected chi connectivity index (χ1v) is 7.29. The van der Waals surface area contributed by atoms with E-state index in [9.17, 15) is 0 Å². The van der Waals surface area contributed by atoms with E-state index in [0.717, 1.165) is 30.8 Å². The molecular formula is C18H15N3. The van der Waals surface area contributed by atoms with E-state index in [4.69, 9.17) is 10.3 Å². The molecule has 0 amide bonds. The molecule has 0 spiro atoms. The number of amidine groups is 1. The minimum absolute atomic E-state index is 0.524. The Balaban J connectivity index is 1.72. The van der Waals surface area contributed by atoms with Crippen molar-refractivity contribution in [2.24, 2.45) is 10.9 Å². The summed E-state index contributed by atoms with van der Waals surface area (Å²) in [6.07, 6.45) is 2.23. The normalized spacial score (nSPS) is 19.5. The molecule has 1 atom stereocenters. The highest BCUT2D eigenvalue weighted by atomic mass is 15.2. The second-order valence-electron chi connectivity index (χ2n) is 5.60. The number of nitrogens with zero attached hydrogens (tertiary/aromatic N) is 3. The van der Waals surface area contributed by atoms with Crippen LogP contribution in [-0.2, 0) is 6.42 Å². The predicted octanol–water partition coefficient (Wildman–Crippen LogP) is 3.67. The summed E-state index contributed by atoms with van der Waals surface area (Å²) >= 11 is 0. The summed E-state index contributed by atoms with van der Waals surface area (Å²) in [5.74, 6) is 1.70. The Hall–Kier alpha value is -2.60. The van der Waals surface area contributed by atoms with Crippen molar-refractivity contribution >= 4 is 17.2 Å². The fourth-order valence-corrected chi connectivity index (χ4v) is 3.25. The monoisotopic (exact) mass is 273 g/mol. The molecule has 3 heteroatoms. The number of rotatable bonds is 1. The van der Waals surface area contributed by atoms with Crippen LogP contribution in [0.3, 0.4) is 0 Å². The van der Waals surface area contributed by atoms with Crippen molar-refractivity contribution in [2.45, 2.75) is 12.8 Å². The topological polar surface area (TPSA) is 39.4 Å². The lowest BCUT2D eigenvalue weighted by Gasteiger charge is -2.25. The van der Waals surface area contributed by atoms with E-state index in [2.05, 4.69) is 29.2 Å². The predicted molar refractivity (Wildman–Crippen MR) is 83.9 cm³/mol. The van der Waals surface area contributed by atoms with Crippen LogP contribution >= 0.6 is 0 Å². The highest BCUT2D eigenvalue weighted by Gasteiger charge is 2.33. The summed E-state index contributed by atoms with van der Waals surface area (Å²) in [7, 11) is 0. The van der Waals surface area contributed by atoms with Gasteiger partial charge in [0.25, 0.3) is 0 Å². The van der Waals surface area contributed by atoms with Crippen molar-refractivity contribution in [2.75, 3.05) is 11.4 Å². The zero-order valence-corrected chi connectivity index (χ0v) is 11.7. The Kier molecular flexibility index (Phi) is 2.75. The van der Waals surface area contributed by atoms with Gasteiger partial charge in [0.05, 0.1) is 17.3 Å². The van der Waals surface area contributed by atoms with Gasteiger partial charge in [-0.15, -0.1) is 0 Å². The molecule has 2 aliphatic heterocycles. The van der Waals surface area contributed by atoms with Crippen LogP contribution < -0.4 is 4.90 Å². The summed E-state index contributed by atoms with van der Waals surface area (Å²) in [5.41, 5.74) is 4.29. The van der Waals surface area contributed by atoms with Crippen LogP contribution in [0.5, 0.6) is 0 Å². The van der Waals surface area contributed by atoms with Crippen LogP contribution in [0.4, 0.5) is 11.4 Å². The van der Waals surface area contributed by atoms with Crippen molar-refractivity contribution in [1.29, 1.82) is 5.26 Å². The molecule has 1 unspecified atom stereocenters. The van der Waals surface area contributed by atoms with Gasteiger partial charge in [-0.2, -0.15) is 5.26 Å². The molecule has 0 aromatic heterocycles. The standard InChI is InChI=1S/C18H15N3/c19-12-13-5-7-16(8-6-13)21-10-9-15-11-14-3-1-2-4-17(14)20-18(15)21/h1-8,15H,9-11H2. The first-order chi connectivity index (χ1) is 10.3. The van der Waals surface area contributed by atoms with E-state index in [-0.39, 0.29) is 0 Å². The van der Waals surface area contributed by atoms with Crippen molar-refractivity contribution < 1.29 is 0 Å². The van der Waals surface area contributed by atoms with Crippen LogP contribution in [0.1, 0.15) is 17.5 Å². The summed E-state index contributed by atoms with van der Waals surface area (Å²) in [6.45, 7) is 1.00. The molecular weight excluding hydrogens is 258 g/mol. The molecule has 102 valence electrons. The van der Waals surface area contributed by atoms with Crippen LogP contribution in [0.15, 0.2) is 53.5 Å². The van der Waals surface area contributed by atoms with Gasteiger partial charge in [-0.3, -0.25) is 0 Å². The third kappa shape index (κ3) is 2.00. The molecule has 2 aromatic carbocycles. The quantitative estimate of drug-likeness (QED) is 0.795. The summed E-state index contributed by atoms with van der Waals surface area (Å²) < 4.78 is 0. The number of aliphatic imine (C=N–C) groups is 1. The molecule has 2 aromatic rings. The second-order valence-corrected chi connectivity index (χ2v) is 5.60. The first-order valence-electron chi connectivity index (χ1n) is 7.29. The van der Waals surface area contributed by atoms with Crippen molar-refractivity contribution in [3.63, 3.8) is 0 Å². The lowest BCUT2D eigenvalue weighted by Crippen LogP contribution is -2.29. The van der Waals surface area contributed by atoms with Gasteiger partial charge in [0.1, 0.15) is 5.84 Å². The van der Waals surface area contributed by atoms with E-state index in [1.54, 1.807) is 0 Å². The Morgan fingerprint density at radius 1 is 1.10 bits per heavy atom. The van der Waals surface area contributed by atoms with Gasteiger partial charge in [0.2, 0.25) is 0 Å². The summed E-state index contributed by atoms with van der Waals surface area (Å²) in [5, 5.41) is 8.90. The molecule has 1 fully saturated rings. The zero-order valence-electron chi connectivity index (χ0n) is 11.7. The number of para-hydroxylation sites is 1. The molecule has 2 heterocycles. The fourth-order valence-electron chi connectivity index (χ4n) is 3.25. The van der Waals surface area contributed by atoms with Gasteiger partial charge >= 0.3 is 0 Å². The average molecular weight is 273 g/mol. The van der Waals surface area contributed by atoms with Gasteiger partial charge < -0.3 is 4.90 Å². The Morgan fingerprint density at radius 3 is 2.71 bits per heavy atom. The largest absolute Gasteiger partial charge is 0.330 e. The van der Waals surface area contributed by atoms with Gasteiger partial charge in [-0.25, -0.2) is 4.99 Å². The van der Waals surface area contributed by atoms with Crippen LogP contribution in [0, 0.1) is 17.2 Å². The summed E-state index contributed by atoms with van der Waals surface area (Å²) in [4.78, 5) is 7.18. The average Bonchev–Trinajstić information content (AvgIpc) is 2.95. The first kappa shape index (κ1) is 12.2. The SMILES string of the molecule is N#Cc1ccc(N2CCC3Cc4ccccc4N=C32)cc1. The number of hydrogen-bond acceptors (Lipinski definition) is 3. The van der Waals surface area contributed by atoms with E-state index >= 15 is 0 Å². The van der Waals surface area contributed by atoms with Crippen LogP contribution in [-0.4, -0.2) is 12.4 Å². The fraction of sp³-hybridized carbons (Fsp3) is 0.222. The molecule has 21 heavy (non-hydrogen) atoms.